The van der Waals surface area contributed by atoms with Crippen LogP contribution in [0.5, 0.6) is 0 Å². The van der Waals surface area contributed by atoms with E-state index in [1.165, 1.54) is 0 Å². The predicted octanol–water partition coefficient (Wildman–Crippen LogP) is 2.72. The average Bonchev–Trinajstić information content (AvgIpc) is 2.29. The smallest absolute Gasteiger partial charge is 0.310 e. The van der Waals surface area contributed by atoms with E-state index in [1.54, 1.807) is 0 Å². The minimum absolute atomic E-state index is 0.269. The first-order chi connectivity index (χ1) is 7.31. The molecule has 15 heavy (non-hydrogen) atoms. The van der Waals surface area contributed by atoms with Gasteiger partial charge in [0.05, 0.1) is 6.42 Å². The highest BCUT2D eigenvalue weighted by Crippen LogP contribution is 2.18. The van der Waals surface area contributed by atoms with Gasteiger partial charge in [-0.25, -0.2) is 0 Å². The molecule has 0 aliphatic carbocycles. The van der Waals surface area contributed by atoms with Crippen molar-refractivity contribution in [3.8, 4) is 0 Å². The van der Waals surface area contributed by atoms with E-state index in [9.17, 15) is 4.79 Å². The lowest BCUT2D eigenvalue weighted by Gasteiger charge is -2.04. The molecule has 0 atom stereocenters. The molecule has 0 unspecified atom stereocenters. The molecule has 2 rings (SSSR count). The van der Waals surface area contributed by atoms with Crippen molar-refractivity contribution >= 4 is 16.7 Å². The molecule has 2 nitrogen and oxygen atoms in total. The first-order valence-electron chi connectivity index (χ1n) is 4.73. The summed E-state index contributed by atoms with van der Waals surface area (Å²) in [5.41, 5.74) is 0.974. The topological polar surface area (TPSA) is 26.3 Å². The van der Waals surface area contributed by atoms with Gasteiger partial charge in [0, 0.05) is 0 Å². The highest BCUT2D eigenvalue weighted by Gasteiger charge is 2.05. The van der Waals surface area contributed by atoms with Crippen LogP contribution in [-0.2, 0) is 16.0 Å². The summed E-state index contributed by atoms with van der Waals surface area (Å²) in [6.07, 6.45) is 0.269. The lowest BCUT2D eigenvalue weighted by molar-refractivity contribution is -0.137. The van der Waals surface area contributed by atoms with Crippen LogP contribution in [0, 0.1) is 7.11 Å². The summed E-state index contributed by atoms with van der Waals surface area (Å²) in [5.74, 6) is -0.314. The molecular formula is C13H11O2. The largest absolute Gasteiger partial charge is 0.462 e. The van der Waals surface area contributed by atoms with Gasteiger partial charge in [0.2, 0.25) is 0 Å². The highest BCUT2D eigenvalue weighted by atomic mass is 16.5. The summed E-state index contributed by atoms with van der Waals surface area (Å²) in [6.45, 7) is 0. The summed E-state index contributed by atoms with van der Waals surface area (Å²) in [4.78, 5) is 11.1. The van der Waals surface area contributed by atoms with Crippen molar-refractivity contribution in [2.45, 2.75) is 6.42 Å². The van der Waals surface area contributed by atoms with Gasteiger partial charge in [-0.15, -0.1) is 0 Å². The molecule has 0 amide bonds. The molecule has 1 radical (unpaired) electrons. The van der Waals surface area contributed by atoms with E-state index in [1.807, 2.05) is 42.5 Å². The standard InChI is InChI=1S/C13H11O2/c1-15-13(14)9-11-7-4-6-10-5-2-3-8-12(10)11/h2-8H,1,9H2. The Morgan fingerprint density at radius 3 is 2.67 bits per heavy atom. The van der Waals surface area contributed by atoms with Crippen molar-refractivity contribution in [2.24, 2.45) is 0 Å². The Morgan fingerprint density at radius 2 is 1.87 bits per heavy atom. The number of hydrogen-bond donors (Lipinski definition) is 0. The molecule has 0 saturated heterocycles. The van der Waals surface area contributed by atoms with Crippen molar-refractivity contribution in [1.82, 2.24) is 0 Å². The van der Waals surface area contributed by atoms with Gasteiger partial charge in [-0.1, -0.05) is 42.5 Å². The van der Waals surface area contributed by atoms with E-state index >= 15 is 0 Å². The van der Waals surface area contributed by atoms with Crippen LogP contribution in [0.1, 0.15) is 5.56 Å². The molecule has 0 aliphatic rings. The fraction of sp³-hybridized carbons (Fsp3) is 0.0769. The lowest BCUT2D eigenvalue weighted by Crippen LogP contribution is -2.03. The first kappa shape index (κ1) is 9.71. The Kier molecular flexibility index (Phi) is 2.68. The number of ether oxygens (including phenoxy) is 1. The lowest BCUT2D eigenvalue weighted by atomic mass is 10.0. The molecule has 2 aromatic carbocycles. The third-order valence-corrected chi connectivity index (χ3v) is 2.38. The maximum atomic E-state index is 11.1. The van der Waals surface area contributed by atoms with Crippen LogP contribution >= 0.6 is 0 Å². The molecule has 0 bridgehead atoms. The fourth-order valence-corrected chi connectivity index (χ4v) is 1.65. The zero-order valence-corrected chi connectivity index (χ0v) is 8.27. The number of benzene rings is 2. The second-order valence-corrected chi connectivity index (χ2v) is 3.33. The maximum absolute atomic E-state index is 11.1. The number of hydrogen-bond acceptors (Lipinski definition) is 2. The number of rotatable bonds is 2. The monoisotopic (exact) mass is 199 g/mol. The van der Waals surface area contributed by atoms with Crippen LogP contribution in [0.3, 0.4) is 0 Å². The highest BCUT2D eigenvalue weighted by molar-refractivity contribution is 5.88. The molecule has 75 valence electrons. The molecule has 0 N–H and O–H groups in total. The minimum Gasteiger partial charge on any atom is -0.462 e. The third-order valence-electron chi connectivity index (χ3n) is 2.38. The average molecular weight is 199 g/mol. The summed E-state index contributed by atoms with van der Waals surface area (Å²) in [5, 5.41) is 2.22. The van der Waals surface area contributed by atoms with Gasteiger partial charge in [-0.3, -0.25) is 4.79 Å². The molecule has 2 heteroatoms. The van der Waals surface area contributed by atoms with Gasteiger partial charge in [0.1, 0.15) is 7.11 Å². The Labute approximate surface area is 88.5 Å². The Hall–Kier alpha value is -1.83. The van der Waals surface area contributed by atoms with Crippen molar-refractivity contribution in [1.29, 1.82) is 0 Å². The van der Waals surface area contributed by atoms with Crippen LogP contribution in [0.4, 0.5) is 0 Å². The van der Waals surface area contributed by atoms with Gasteiger partial charge in [0.15, 0.2) is 0 Å². The summed E-state index contributed by atoms with van der Waals surface area (Å²) >= 11 is 0. The fourth-order valence-electron chi connectivity index (χ4n) is 1.65. The van der Waals surface area contributed by atoms with E-state index in [2.05, 4.69) is 11.8 Å². The SMILES string of the molecule is [CH2]OC(=O)Cc1cccc2ccccc12. The van der Waals surface area contributed by atoms with Gasteiger partial charge in [-0.05, 0) is 16.3 Å². The van der Waals surface area contributed by atoms with Crippen LogP contribution in [0.25, 0.3) is 10.8 Å². The molecule has 0 spiro atoms. The molecular weight excluding hydrogens is 188 g/mol. The molecule has 0 aromatic heterocycles. The first-order valence-corrected chi connectivity index (χ1v) is 4.73. The molecule has 0 fully saturated rings. The Morgan fingerprint density at radius 1 is 1.13 bits per heavy atom. The van der Waals surface area contributed by atoms with Gasteiger partial charge < -0.3 is 4.74 Å². The van der Waals surface area contributed by atoms with E-state index in [0.717, 1.165) is 16.3 Å². The number of carbonyl (C=O) groups excluding carboxylic acids is 1. The molecule has 2 aromatic rings. The second-order valence-electron chi connectivity index (χ2n) is 3.33. The van der Waals surface area contributed by atoms with Gasteiger partial charge in [0.25, 0.3) is 0 Å². The Bertz CT molecular complexity index is 483. The predicted molar refractivity (Wildman–Crippen MR) is 59.1 cm³/mol. The van der Waals surface area contributed by atoms with E-state index < -0.39 is 0 Å². The van der Waals surface area contributed by atoms with E-state index in [-0.39, 0.29) is 12.4 Å². The number of fused-ring (bicyclic) bond motifs is 1. The van der Waals surface area contributed by atoms with E-state index in [4.69, 9.17) is 0 Å². The van der Waals surface area contributed by atoms with Crippen LogP contribution in [0.15, 0.2) is 42.5 Å². The van der Waals surface area contributed by atoms with Crippen molar-refractivity contribution < 1.29 is 9.53 Å². The van der Waals surface area contributed by atoms with Gasteiger partial charge >= 0.3 is 5.97 Å². The number of esters is 1. The van der Waals surface area contributed by atoms with Crippen LogP contribution < -0.4 is 0 Å². The summed E-state index contributed by atoms with van der Waals surface area (Å²) in [7, 11) is 3.11. The quantitative estimate of drug-likeness (QED) is 0.695. The second kappa shape index (κ2) is 4.13. The van der Waals surface area contributed by atoms with E-state index in [0.29, 0.717) is 0 Å². The minimum atomic E-state index is -0.314. The van der Waals surface area contributed by atoms with Crippen LogP contribution in [-0.4, -0.2) is 5.97 Å². The molecule has 0 heterocycles. The number of carbonyl (C=O) groups is 1. The normalized spacial score (nSPS) is 10.2. The Balaban J connectivity index is 2.46. The summed E-state index contributed by atoms with van der Waals surface area (Å²) < 4.78 is 4.41. The van der Waals surface area contributed by atoms with Crippen molar-refractivity contribution in [3.05, 3.63) is 55.1 Å². The zero-order valence-electron chi connectivity index (χ0n) is 8.27. The zero-order chi connectivity index (χ0) is 10.7. The maximum Gasteiger partial charge on any atom is 0.310 e. The molecule has 0 saturated carbocycles. The third kappa shape index (κ3) is 1.99. The van der Waals surface area contributed by atoms with Crippen molar-refractivity contribution in [2.75, 3.05) is 0 Å². The van der Waals surface area contributed by atoms with Crippen molar-refractivity contribution in [3.63, 3.8) is 0 Å². The van der Waals surface area contributed by atoms with Crippen LogP contribution in [0.2, 0.25) is 0 Å². The summed E-state index contributed by atoms with van der Waals surface area (Å²) in [6, 6.07) is 13.9. The van der Waals surface area contributed by atoms with Gasteiger partial charge in [-0.2, -0.15) is 0 Å². The molecule has 0 aliphatic heterocycles.